The van der Waals surface area contributed by atoms with Crippen LogP contribution >= 0.6 is 0 Å². The van der Waals surface area contributed by atoms with Crippen molar-refractivity contribution in [1.82, 2.24) is 10.6 Å². The number of hydrogen-bond acceptors (Lipinski definition) is 3. The molecule has 7 heteroatoms. The van der Waals surface area contributed by atoms with E-state index in [0.717, 1.165) is 12.1 Å². The Kier molecular flexibility index (Phi) is 7.78. The number of benzene rings is 1. The van der Waals surface area contributed by atoms with Gasteiger partial charge in [0.25, 0.3) is 5.91 Å². The second kappa shape index (κ2) is 9.56. The van der Waals surface area contributed by atoms with Crippen LogP contribution in [0.1, 0.15) is 37.6 Å². The molecule has 0 bridgehead atoms. The van der Waals surface area contributed by atoms with E-state index in [9.17, 15) is 23.9 Å². The summed E-state index contributed by atoms with van der Waals surface area (Å²) in [5.74, 6) is -3.00. The topological polar surface area (TPSA) is 95.5 Å². The number of carbonyl (C=O) groups excluding carboxylic acids is 2. The van der Waals surface area contributed by atoms with Gasteiger partial charge in [-0.3, -0.25) is 9.59 Å². The summed E-state index contributed by atoms with van der Waals surface area (Å²) in [4.78, 5) is 35.9. The molecule has 0 aliphatic carbocycles. The van der Waals surface area contributed by atoms with Crippen LogP contribution in [0.2, 0.25) is 0 Å². The first-order chi connectivity index (χ1) is 11.8. The molecule has 1 rings (SSSR count). The predicted octanol–water partition coefficient (Wildman–Crippen LogP) is 2.12. The molecule has 0 aliphatic heterocycles. The lowest BCUT2D eigenvalue weighted by Gasteiger charge is -2.23. The van der Waals surface area contributed by atoms with Crippen molar-refractivity contribution in [3.05, 3.63) is 47.8 Å². The molecule has 0 spiro atoms. The Labute approximate surface area is 146 Å². The van der Waals surface area contributed by atoms with E-state index < -0.39 is 35.7 Å². The van der Waals surface area contributed by atoms with Crippen LogP contribution in [-0.2, 0) is 9.59 Å². The van der Waals surface area contributed by atoms with Gasteiger partial charge in [-0.2, -0.15) is 0 Å². The van der Waals surface area contributed by atoms with Gasteiger partial charge in [-0.1, -0.05) is 26.0 Å². The standard InChI is InChI=1S/C18H23FN2O4/c1-4-5-6-14(18(24)25)20-17(23)15(11(2)3)21-16(22)12-7-9-13(19)10-8-12/h4-5,7-11,14-15H,6H2,1-3H3,(H,20,23)(H,21,22)(H,24,25)/b5-4+. The largest absolute Gasteiger partial charge is 0.480 e. The van der Waals surface area contributed by atoms with Crippen LogP contribution in [0.4, 0.5) is 4.39 Å². The van der Waals surface area contributed by atoms with Gasteiger partial charge >= 0.3 is 5.97 Å². The normalized spacial score (nSPS) is 13.5. The van der Waals surface area contributed by atoms with Crippen molar-refractivity contribution in [2.75, 3.05) is 0 Å². The highest BCUT2D eigenvalue weighted by molar-refractivity contribution is 5.98. The third kappa shape index (κ3) is 6.37. The minimum absolute atomic E-state index is 0.147. The molecule has 136 valence electrons. The molecular formula is C18H23FN2O4. The Morgan fingerprint density at radius 3 is 2.24 bits per heavy atom. The van der Waals surface area contributed by atoms with Crippen molar-refractivity contribution < 1.29 is 23.9 Å². The molecule has 2 unspecified atom stereocenters. The number of hydrogen-bond donors (Lipinski definition) is 3. The van der Waals surface area contributed by atoms with E-state index in [-0.39, 0.29) is 17.9 Å². The first-order valence-electron chi connectivity index (χ1n) is 7.97. The lowest BCUT2D eigenvalue weighted by molar-refractivity contribution is -0.142. The van der Waals surface area contributed by atoms with Gasteiger partial charge in [0.1, 0.15) is 17.9 Å². The summed E-state index contributed by atoms with van der Waals surface area (Å²) in [7, 11) is 0. The SMILES string of the molecule is C/C=C/CC(NC(=O)C(NC(=O)c1ccc(F)cc1)C(C)C)C(=O)O. The van der Waals surface area contributed by atoms with Crippen LogP contribution in [0.3, 0.4) is 0 Å². The van der Waals surface area contributed by atoms with E-state index >= 15 is 0 Å². The molecule has 6 nitrogen and oxygen atoms in total. The molecule has 0 saturated carbocycles. The number of carboxylic acid groups (broad SMARTS) is 1. The van der Waals surface area contributed by atoms with E-state index in [2.05, 4.69) is 10.6 Å². The molecule has 2 amide bonds. The van der Waals surface area contributed by atoms with Gasteiger partial charge in [0.05, 0.1) is 0 Å². The van der Waals surface area contributed by atoms with Gasteiger partial charge in [0.2, 0.25) is 5.91 Å². The Morgan fingerprint density at radius 1 is 1.16 bits per heavy atom. The number of amides is 2. The lowest BCUT2D eigenvalue weighted by Crippen LogP contribution is -2.53. The summed E-state index contributed by atoms with van der Waals surface area (Å²) in [5, 5.41) is 14.2. The quantitative estimate of drug-likeness (QED) is 0.626. The van der Waals surface area contributed by atoms with Crippen LogP contribution in [0.15, 0.2) is 36.4 Å². The second-order valence-electron chi connectivity index (χ2n) is 5.91. The van der Waals surface area contributed by atoms with E-state index in [1.165, 1.54) is 12.1 Å². The van der Waals surface area contributed by atoms with E-state index in [4.69, 9.17) is 0 Å². The number of halogens is 1. The second-order valence-corrected chi connectivity index (χ2v) is 5.91. The molecule has 0 fully saturated rings. The van der Waals surface area contributed by atoms with Gasteiger partial charge in [0.15, 0.2) is 0 Å². The maximum atomic E-state index is 12.9. The minimum Gasteiger partial charge on any atom is -0.480 e. The molecular weight excluding hydrogens is 327 g/mol. The summed E-state index contributed by atoms with van der Waals surface area (Å²) in [5.41, 5.74) is 0.212. The molecule has 0 heterocycles. The molecule has 0 radical (unpaired) electrons. The van der Waals surface area contributed by atoms with E-state index in [1.807, 2.05) is 0 Å². The Balaban J connectivity index is 2.83. The first kappa shape index (κ1) is 20.3. The fraction of sp³-hybridized carbons (Fsp3) is 0.389. The number of allylic oxidation sites excluding steroid dienone is 1. The molecule has 0 aliphatic rings. The molecule has 1 aromatic carbocycles. The maximum Gasteiger partial charge on any atom is 0.326 e. The fourth-order valence-corrected chi connectivity index (χ4v) is 2.12. The minimum atomic E-state index is -1.15. The smallest absolute Gasteiger partial charge is 0.326 e. The number of carboxylic acids is 1. The number of carbonyl (C=O) groups is 3. The third-order valence-corrected chi connectivity index (χ3v) is 3.56. The Hall–Kier alpha value is -2.70. The monoisotopic (exact) mass is 350 g/mol. The molecule has 1 aromatic rings. The van der Waals surface area contributed by atoms with Crippen molar-refractivity contribution >= 4 is 17.8 Å². The lowest BCUT2D eigenvalue weighted by atomic mass is 10.0. The summed E-state index contributed by atoms with van der Waals surface area (Å²) < 4.78 is 12.9. The zero-order valence-corrected chi connectivity index (χ0v) is 14.5. The van der Waals surface area contributed by atoms with Gasteiger partial charge in [-0.05, 0) is 43.5 Å². The van der Waals surface area contributed by atoms with Crippen LogP contribution in [0.25, 0.3) is 0 Å². The third-order valence-electron chi connectivity index (χ3n) is 3.56. The fourth-order valence-electron chi connectivity index (χ4n) is 2.12. The molecule has 2 atom stereocenters. The van der Waals surface area contributed by atoms with Crippen molar-refractivity contribution in [3.8, 4) is 0 Å². The van der Waals surface area contributed by atoms with Crippen molar-refractivity contribution in [2.24, 2.45) is 5.92 Å². The summed E-state index contributed by atoms with van der Waals surface area (Å²) in [6.45, 7) is 5.22. The summed E-state index contributed by atoms with van der Waals surface area (Å²) in [6.07, 6.45) is 3.48. The summed E-state index contributed by atoms with van der Waals surface area (Å²) in [6, 6.07) is 2.93. The van der Waals surface area contributed by atoms with Gasteiger partial charge in [-0.15, -0.1) is 0 Å². The number of nitrogens with one attached hydrogen (secondary N) is 2. The van der Waals surface area contributed by atoms with Gasteiger partial charge in [0, 0.05) is 5.56 Å². The zero-order valence-electron chi connectivity index (χ0n) is 14.5. The van der Waals surface area contributed by atoms with Crippen molar-refractivity contribution in [3.63, 3.8) is 0 Å². The Bertz CT molecular complexity index is 641. The molecule has 0 aromatic heterocycles. The Morgan fingerprint density at radius 2 is 1.76 bits per heavy atom. The number of rotatable bonds is 8. The zero-order chi connectivity index (χ0) is 19.0. The van der Waals surface area contributed by atoms with E-state index in [0.29, 0.717) is 0 Å². The molecule has 0 saturated heterocycles. The van der Waals surface area contributed by atoms with Crippen molar-refractivity contribution in [2.45, 2.75) is 39.3 Å². The highest BCUT2D eigenvalue weighted by Gasteiger charge is 2.28. The van der Waals surface area contributed by atoms with Gasteiger partial charge < -0.3 is 15.7 Å². The number of aliphatic carboxylic acids is 1. The molecule has 25 heavy (non-hydrogen) atoms. The predicted molar refractivity (Wildman–Crippen MR) is 91.5 cm³/mol. The highest BCUT2D eigenvalue weighted by Crippen LogP contribution is 2.08. The average molecular weight is 350 g/mol. The van der Waals surface area contributed by atoms with E-state index in [1.54, 1.807) is 32.9 Å². The summed E-state index contributed by atoms with van der Waals surface area (Å²) >= 11 is 0. The highest BCUT2D eigenvalue weighted by atomic mass is 19.1. The van der Waals surface area contributed by atoms with Crippen LogP contribution in [0, 0.1) is 11.7 Å². The average Bonchev–Trinajstić information content (AvgIpc) is 2.56. The van der Waals surface area contributed by atoms with Crippen LogP contribution in [0.5, 0.6) is 0 Å². The maximum absolute atomic E-state index is 12.9. The van der Waals surface area contributed by atoms with Gasteiger partial charge in [-0.25, -0.2) is 9.18 Å². The van der Waals surface area contributed by atoms with Crippen LogP contribution < -0.4 is 10.6 Å². The van der Waals surface area contributed by atoms with Crippen molar-refractivity contribution in [1.29, 1.82) is 0 Å². The molecule has 3 N–H and O–H groups in total. The first-order valence-corrected chi connectivity index (χ1v) is 7.97. The van der Waals surface area contributed by atoms with Crippen LogP contribution in [-0.4, -0.2) is 35.0 Å².